The van der Waals surface area contributed by atoms with E-state index < -0.39 is 11.6 Å². The Balaban J connectivity index is 2.04. The van der Waals surface area contributed by atoms with E-state index in [-0.39, 0.29) is 0 Å². The molecule has 2 aromatic rings. The molecule has 0 saturated heterocycles. The summed E-state index contributed by atoms with van der Waals surface area (Å²) in [5.74, 6) is -0.885. The first-order chi connectivity index (χ1) is 9.60. The summed E-state index contributed by atoms with van der Waals surface area (Å²) in [5, 5.41) is 3.17. The van der Waals surface area contributed by atoms with Crippen LogP contribution in [0, 0.1) is 18.6 Å². The quantitative estimate of drug-likeness (QED) is 0.869. The predicted molar refractivity (Wildman–Crippen MR) is 75.6 cm³/mol. The monoisotopic (exact) mass is 279 g/mol. The molecule has 1 aromatic heterocycles. The standard InChI is InChI=1S/C15H19F2N3/c1-3-4-7-20-10-11(2)19-15(20)18-9-12-5-6-13(16)14(17)8-12/h5-6,8,10H,3-4,7,9H2,1-2H3,(H,18,19). The number of halogens is 2. The molecule has 108 valence electrons. The minimum Gasteiger partial charge on any atom is -0.352 e. The van der Waals surface area contributed by atoms with Gasteiger partial charge in [-0.2, -0.15) is 0 Å². The van der Waals surface area contributed by atoms with Crippen LogP contribution in [0.2, 0.25) is 0 Å². The maximum Gasteiger partial charge on any atom is 0.203 e. The van der Waals surface area contributed by atoms with Crippen molar-refractivity contribution in [2.45, 2.75) is 39.8 Å². The van der Waals surface area contributed by atoms with Crippen LogP contribution in [0.4, 0.5) is 14.7 Å². The largest absolute Gasteiger partial charge is 0.352 e. The zero-order valence-corrected chi connectivity index (χ0v) is 11.8. The van der Waals surface area contributed by atoms with Gasteiger partial charge in [-0.25, -0.2) is 13.8 Å². The highest BCUT2D eigenvalue weighted by Crippen LogP contribution is 2.13. The van der Waals surface area contributed by atoms with Crippen LogP contribution in [-0.4, -0.2) is 9.55 Å². The average molecular weight is 279 g/mol. The molecule has 0 bridgehead atoms. The van der Waals surface area contributed by atoms with Crippen molar-refractivity contribution < 1.29 is 8.78 Å². The third-order valence-corrected chi connectivity index (χ3v) is 3.08. The number of hydrogen-bond acceptors (Lipinski definition) is 2. The second kappa shape index (κ2) is 6.50. The third kappa shape index (κ3) is 3.56. The van der Waals surface area contributed by atoms with E-state index in [4.69, 9.17) is 0 Å². The zero-order chi connectivity index (χ0) is 14.5. The lowest BCUT2D eigenvalue weighted by Gasteiger charge is -2.09. The number of nitrogens with one attached hydrogen (secondary N) is 1. The Morgan fingerprint density at radius 1 is 1.25 bits per heavy atom. The van der Waals surface area contributed by atoms with E-state index in [0.29, 0.717) is 12.1 Å². The molecule has 20 heavy (non-hydrogen) atoms. The Labute approximate surface area is 117 Å². The minimum atomic E-state index is -0.825. The van der Waals surface area contributed by atoms with Crippen LogP contribution in [-0.2, 0) is 13.1 Å². The third-order valence-electron chi connectivity index (χ3n) is 3.08. The predicted octanol–water partition coefficient (Wildman–Crippen LogP) is 3.88. The second-order valence-electron chi connectivity index (χ2n) is 4.85. The number of aryl methyl sites for hydroxylation is 2. The smallest absolute Gasteiger partial charge is 0.203 e. The van der Waals surface area contributed by atoms with Gasteiger partial charge in [0.25, 0.3) is 0 Å². The molecule has 0 radical (unpaired) electrons. The van der Waals surface area contributed by atoms with Gasteiger partial charge in [-0.05, 0) is 31.0 Å². The molecule has 0 saturated carbocycles. The molecule has 2 rings (SSSR count). The molecule has 0 fully saturated rings. The summed E-state index contributed by atoms with van der Waals surface area (Å²) < 4.78 is 28.0. The SMILES string of the molecule is CCCCn1cc(C)nc1NCc1ccc(F)c(F)c1. The van der Waals surface area contributed by atoms with Gasteiger partial charge in [0.2, 0.25) is 5.95 Å². The van der Waals surface area contributed by atoms with Crippen molar-refractivity contribution >= 4 is 5.95 Å². The van der Waals surface area contributed by atoms with Crippen LogP contribution in [0.25, 0.3) is 0 Å². The van der Waals surface area contributed by atoms with E-state index in [2.05, 4.69) is 21.8 Å². The van der Waals surface area contributed by atoms with Crippen molar-refractivity contribution in [3.05, 3.63) is 47.3 Å². The first-order valence-electron chi connectivity index (χ1n) is 6.81. The lowest BCUT2D eigenvalue weighted by atomic mass is 10.2. The number of nitrogens with zero attached hydrogens (tertiary/aromatic N) is 2. The number of anilines is 1. The van der Waals surface area contributed by atoms with Gasteiger partial charge in [-0.3, -0.25) is 0 Å². The van der Waals surface area contributed by atoms with Crippen molar-refractivity contribution in [1.29, 1.82) is 0 Å². The van der Waals surface area contributed by atoms with Gasteiger partial charge in [-0.15, -0.1) is 0 Å². The number of aromatic nitrogens is 2. The van der Waals surface area contributed by atoms with Gasteiger partial charge in [0.15, 0.2) is 11.6 Å². The molecule has 0 amide bonds. The van der Waals surface area contributed by atoms with Crippen LogP contribution >= 0.6 is 0 Å². The first-order valence-corrected chi connectivity index (χ1v) is 6.81. The molecule has 0 aliphatic rings. The maximum atomic E-state index is 13.1. The lowest BCUT2D eigenvalue weighted by molar-refractivity contribution is 0.507. The molecule has 3 nitrogen and oxygen atoms in total. The van der Waals surface area contributed by atoms with Crippen LogP contribution in [0.5, 0.6) is 0 Å². The van der Waals surface area contributed by atoms with Crippen molar-refractivity contribution in [2.75, 3.05) is 5.32 Å². The summed E-state index contributed by atoms with van der Waals surface area (Å²) in [4.78, 5) is 4.40. The molecule has 0 aliphatic carbocycles. The van der Waals surface area contributed by atoms with Crippen LogP contribution in [0.1, 0.15) is 31.0 Å². The minimum absolute atomic E-state index is 0.416. The fourth-order valence-corrected chi connectivity index (χ4v) is 2.02. The van der Waals surface area contributed by atoms with Crippen molar-refractivity contribution in [3.63, 3.8) is 0 Å². The summed E-state index contributed by atoms with van der Waals surface area (Å²) >= 11 is 0. The van der Waals surface area contributed by atoms with E-state index in [9.17, 15) is 8.78 Å². The molecule has 5 heteroatoms. The van der Waals surface area contributed by atoms with E-state index in [0.717, 1.165) is 37.1 Å². The van der Waals surface area contributed by atoms with Crippen LogP contribution in [0.15, 0.2) is 24.4 Å². The number of hydrogen-bond donors (Lipinski definition) is 1. The van der Waals surface area contributed by atoms with Gasteiger partial charge < -0.3 is 9.88 Å². The Bertz CT molecular complexity index is 578. The van der Waals surface area contributed by atoms with Gasteiger partial charge >= 0.3 is 0 Å². The molecule has 1 heterocycles. The lowest BCUT2D eigenvalue weighted by Crippen LogP contribution is -2.07. The normalized spacial score (nSPS) is 10.8. The second-order valence-corrected chi connectivity index (χ2v) is 4.85. The molecule has 0 unspecified atom stereocenters. The summed E-state index contributed by atoms with van der Waals surface area (Å²) in [6, 6.07) is 3.91. The highest BCUT2D eigenvalue weighted by atomic mass is 19.2. The van der Waals surface area contributed by atoms with Crippen molar-refractivity contribution in [3.8, 4) is 0 Å². The molecule has 0 atom stereocenters. The van der Waals surface area contributed by atoms with Crippen molar-refractivity contribution in [2.24, 2.45) is 0 Å². The van der Waals surface area contributed by atoms with Gasteiger partial charge in [0.05, 0.1) is 5.69 Å². The van der Waals surface area contributed by atoms with Gasteiger partial charge in [-0.1, -0.05) is 19.4 Å². The number of imidazole rings is 1. The molecule has 0 aliphatic heterocycles. The van der Waals surface area contributed by atoms with Gasteiger partial charge in [0, 0.05) is 19.3 Å². The number of benzene rings is 1. The van der Waals surface area contributed by atoms with E-state index in [1.54, 1.807) is 6.07 Å². The van der Waals surface area contributed by atoms with Crippen LogP contribution in [0.3, 0.4) is 0 Å². The average Bonchev–Trinajstić information content (AvgIpc) is 2.78. The molecule has 0 spiro atoms. The summed E-state index contributed by atoms with van der Waals surface area (Å²) in [7, 11) is 0. The Morgan fingerprint density at radius 2 is 2.05 bits per heavy atom. The number of rotatable bonds is 6. The Kier molecular flexibility index (Phi) is 4.71. The Morgan fingerprint density at radius 3 is 2.75 bits per heavy atom. The van der Waals surface area contributed by atoms with Gasteiger partial charge in [0.1, 0.15) is 0 Å². The topological polar surface area (TPSA) is 29.9 Å². The summed E-state index contributed by atoms with van der Waals surface area (Å²) in [6.07, 6.45) is 4.18. The molecule has 1 aromatic carbocycles. The van der Waals surface area contributed by atoms with E-state index in [1.807, 2.05) is 13.1 Å². The van der Waals surface area contributed by atoms with E-state index in [1.165, 1.54) is 6.07 Å². The zero-order valence-electron chi connectivity index (χ0n) is 11.8. The van der Waals surface area contributed by atoms with Crippen molar-refractivity contribution in [1.82, 2.24) is 9.55 Å². The highest BCUT2D eigenvalue weighted by Gasteiger charge is 2.06. The fourth-order valence-electron chi connectivity index (χ4n) is 2.02. The molecule has 1 N–H and O–H groups in total. The molecular weight excluding hydrogens is 260 g/mol. The van der Waals surface area contributed by atoms with Crippen LogP contribution < -0.4 is 5.32 Å². The number of unbranched alkanes of at least 4 members (excludes halogenated alkanes) is 1. The first kappa shape index (κ1) is 14.5. The highest BCUT2D eigenvalue weighted by molar-refractivity contribution is 5.31. The summed E-state index contributed by atoms with van der Waals surface area (Å²) in [6.45, 7) is 5.39. The Hall–Kier alpha value is -1.91. The fraction of sp³-hybridized carbons (Fsp3) is 0.400. The molecular formula is C15H19F2N3. The summed E-state index contributed by atoms with van der Waals surface area (Å²) in [5.41, 5.74) is 1.63. The maximum absolute atomic E-state index is 13.1. The van der Waals surface area contributed by atoms with E-state index >= 15 is 0 Å².